The highest BCUT2D eigenvalue weighted by atomic mass is 16.5. The van der Waals surface area contributed by atoms with Gasteiger partial charge in [0.15, 0.2) is 0 Å². The fraction of sp³-hybridized carbons (Fsp3) is 0.450. The highest BCUT2D eigenvalue weighted by Gasteiger charge is 2.15. The third kappa shape index (κ3) is 4.71. The molecule has 6 nitrogen and oxygen atoms in total. The quantitative estimate of drug-likeness (QED) is 0.882. The molecule has 1 N–H and O–H groups in total. The van der Waals surface area contributed by atoms with E-state index in [1.54, 1.807) is 12.4 Å². The van der Waals surface area contributed by atoms with Crippen LogP contribution in [0, 0.1) is 0 Å². The smallest absolute Gasteiger partial charge is 0.258 e. The number of amides is 1. The molecule has 2 aromatic rings. The van der Waals surface area contributed by atoms with Crippen LogP contribution in [0.25, 0.3) is 0 Å². The van der Waals surface area contributed by atoms with E-state index in [-0.39, 0.29) is 12.0 Å². The summed E-state index contributed by atoms with van der Waals surface area (Å²) in [7, 11) is 0. The van der Waals surface area contributed by atoms with Gasteiger partial charge < -0.3 is 15.0 Å². The summed E-state index contributed by atoms with van der Waals surface area (Å²) in [4.78, 5) is 23.5. The van der Waals surface area contributed by atoms with Gasteiger partial charge in [-0.1, -0.05) is 25.0 Å². The fourth-order valence-corrected chi connectivity index (χ4v) is 2.99. The lowest BCUT2D eigenvalue weighted by molar-refractivity contribution is 0.102. The summed E-state index contributed by atoms with van der Waals surface area (Å²) in [6.45, 7) is 5.86. The second-order valence-electron chi connectivity index (χ2n) is 6.79. The second-order valence-corrected chi connectivity index (χ2v) is 6.79. The first-order valence-electron chi connectivity index (χ1n) is 9.27. The van der Waals surface area contributed by atoms with Gasteiger partial charge in [0.05, 0.1) is 17.4 Å². The molecule has 1 aliphatic rings. The molecule has 1 fully saturated rings. The number of nitrogens with zero attached hydrogens (tertiary/aromatic N) is 3. The average molecular weight is 354 g/mol. The van der Waals surface area contributed by atoms with E-state index in [0.29, 0.717) is 22.9 Å². The van der Waals surface area contributed by atoms with Crippen molar-refractivity contribution in [3.05, 3.63) is 42.2 Å². The minimum Gasteiger partial charge on any atom is -0.489 e. The van der Waals surface area contributed by atoms with Crippen LogP contribution in [0.1, 0.15) is 49.9 Å². The van der Waals surface area contributed by atoms with Gasteiger partial charge in [-0.15, -0.1) is 0 Å². The van der Waals surface area contributed by atoms with Crippen LogP contribution >= 0.6 is 0 Å². The van der Waals surface area contributed by atoms with Crippen molar-refractivity contribution in [2.75, 3.05) is 23.3 Å². The SMILES string of the molecule is CC(C)Oc1ccccc1NC(=O)c1cnc(N2CCCCCC2)nc1. The van der Waals surface area contributed by atoms with Gasteiger partial charge in [-0.25, -0.2) is 9.97 Å². The zero-order valence-electron chi connectivity index (χ0n) is 15.4. The monoisotopic (exact) mass is 354 g/mol. The summed E-state index contributed by atoms with van der Waals surface area (Å²) in [6.07, 6.45) is 8.06. The molecule has 1 amide bonds. The molecule has 0 aliphatic carbocycles. The number of hydrogen-bond acceptors (Lipinski definition) is 5. The van der Waals surface area contributed by atoms with Crippen LogP contribution < -0.4 is 15.0 Å². The van der Waals surface area contributed by atoms with Gasteiger partial charge in [0.25, 0.3) is 5.91 Å². The maximum Gasteiger partial charge on any atom is 0.258 e. The van der Waals surface area contributed by atoms with E-state index in [1.807, 2.05) is 38.1 Å². The van der Waals surface area contributed by atoms with E-state index in [4.69, 9.17) is 4.74 Å². The first-order chi connectivity index (χ1) is 12.6. The van der Waals surface area contributed by atoms with Crippen molar-refractivity contribution in [2.24, 2.45) is 0 Å². The lowest BCUT2D eigenvalue weighted by atomic mass is 10.2. The van der Waals surface area contributed by atoms with E-state index in [1.165, 1.54) is 12.8 Å². The molecule has 0 unspecified atom stereocenters. The number of aromatic nitrogens is 2. The minimum atomic E-state index is -0.243. The van der Waals surface area contributed by atoms with E-state index in [9.17, 15) is 4.79 Å². The summed E-state index contributed by atoms with van der Waals surface area (Å²) < 4.78 is 5.74. The van der Waals surface area contributed by atoms with Crippen molar-refractivity contribution in [3.8, 4) is 5.75 Å². The Hall–Kier alpha value is -2.63. The fourth-order valence-electron chi connectivity index (χ4n) is 2.99. The van der Waals surface area contributed by atoms with Crippen LogP contribution in [0.5, 0.6) is 5.75 Å². The van der Waals surface area contributed by atoms with Crippen LogP contribution in [-0.2, 0) is 0 Å². The largest absolute Gasteiger partial charge is 0.489 e. The third-order valence-electron chi connectivity index (χ3n) is 4.29. The topological polar surface area (TPSA) is 67.3 Å². The summed E-state index contributed by atoms with van der Waals surface area (Å²) in [5.74, 6) is 1.11. The Morgan fingerprint density at radius 2 is 1.73 bits per heavy atom. The van der Waals surface area contributed by atoms with Gasteiger partial charge in [0.1, 0.15) is 5.75 Å². The van der Waals surface area contributed by atoms with Crippen molar-refractivity contribution < 1.29 is 9.53 Å². The van der Waals surface area contributed by atoms with Crippen LogP contribution in [0.4, 0.5) is 11.6 Å². The summed E-state index contributed by atoms with van der Waals surface area (Å²) >= 11 is 0. The molecule has 6 heteroatoms. The van der Waals surface area contributed by atoms with E-state index in [2.05, 4.69) is 20.2 Å². The molecular weight excluding hydrogens is 328 g/mol. The number of anilines is 2. The van der Waals surface area contributed by atoms with E-state index >= 15 is 0 Å². The zero-order chi connectivity index (χ0) is 18.4. The maximum atomic E-state index is 12.5. The Bertz CT molecular complexity index is 723. The standard InChI is InChI=1S/C20H26N4O2/c1-15(2)26-18-10-6-5-9-17(18)23-19(25)16-13-21-20(22-14-16)24-11-7-3-4-8-12-24/h5-6,9-10,13-15H,3-4,7-8,11-12H2,1-2H3,(H,23,25). The number of carbonyl (C=O) groups is 1. The molecule has 1 saturated heterocycles. The van der Waals surface area contributed by atoms with Crippen molar-refractivity contribution in [1.82, 2.24) is 9.97 Å². The number of hydrogen-bond donors (Lipinski definition) is 1. The lowest BCUT2D eigenvalue weighted by Gasteiger charge is -2.19. The summed E-state index contributed by atoms with van der Waals surface area (Å²) in [5.41, 5.74) is 1.07. The molecule has 0 radical (unpaired) electrons. The summed E-state index contributed by atoms with van der Waals surface area (Å²) in [5, 5.41) is 2.88. The predicted octanol–water partition coefficient (Wildman–Crippen LogP) is 3.90. The van der Waals surface area contributed by atoms with E-state index < -0.39 is 0 Å². The molecule has 1 aromatic heterocycles. The van der Waals surface area contributed by atoms with Crippen LogP contribution in [0.2, 0.25) is 0 Å². The second kappa shape index (κ2) is 8.65. The zero-order valence-corrected chi connectivity index (χ0v) is 15.4. The predicted molar refractivity (Wildman–Crippen MR) is 103 cm³/mol. The molecule has 1 aliphatic heterocycles. The first-order valence-corrected chi connectivity index (χ1v) is 9.27. The van der Waals surface area contributed by atoms with Crippen molar-refractivity contribution in [3.63, 3.8) is 0 Å². The molecule has 0 atom stereocenters. The Labute approximate surface area is 154 Å². The van der Waals surface area contributed by atoms with Gasteiger partial charge >= 0.3 is 0 Å². The van der Waals surface area contributed by atoms with Gasteiger partial charge in [-0.05, 0) is 38.8 Å². The third-order valence-corrected chi connectivity index (χ3v) is 4.29. The number of benzene rings is 1. The van der Waals surface area contributed by atoms with Crippen LogP contribution in [-0.4, -0.2) is 35.1 Å². The number of rotatable bonds is 5. The lowest BCUT2D eigenvalue weighted by Crippen LogP contribution is -2.26. The number of para-hydroxylation sites is 2. The number of nitrogens with one attached hydrogen (secondary N) is 1. The van der Waals surface area contributed by atoms with Crippen molar-refractivity contribution >= 4 is 17.5 Å². The highest BCUT2D eigenvalue weighted by molar-refractivity contribution is 6.04. The molecule has 0 bridgehead atoms. The van der Waals surface area contributed by atoms with Crippen molar-refractivity contribution in [2.45, 2.75) is 45.6 Å². The molecule has 3 rings (SSSR count). The molecule has 0 saturated carbocycles. The van der Waals surface area contributed by atoms with E-state index in [0.717, 1.165) is 25.9 Å². The Morgan fingerprint density at radius 1 is 1.08 bits per heavy atom. The van der Waals surface area contributed by atoms with Gasteiger partial charge in [0, 0.05) is 25.5 Å². The Morgan fingerprint density at radius 3 is 2.38 bits per heavy atom. The van der Waals surface area contributed by atoms with Crippen LogP contribution in [0.3, 0.4) is 0 Å². The molecule has 0 spiro atoms. The highest BCUT2D eigenvalue weighted by Crippen LogP contribution is 2.25. The van der Waals surface area contributed by atoms with Crippen LogP contribution in [0.15, 0.2) is 36.7 Å². The minimum absolute atomic E-state index is 0.0318. The number of ether oxygens (including phenoxy) is 1. The van der Waals surface area contributed by atoms with Gasteiger partial charge in [-0.2, -0.15) is 0 Å². The van der Waals surface area contributed by atoms with Crippen molar-refractivity contribution in [1.29, 1.82) is 0 Å². The molecule has 1 aromatic carbocycles. The molecule has 2 heterocycles. The Balaban J connectivity index is 1.69. The van der Waals surface area contributed by atoms with Gasteiger partial charge in [0.2, 0.25) is 5.95 Å². The number of carbonyl (C=O) groups excluding carboxylic acids is 1. The first kappa shape index (κ1) is 18.2. The average Bonchev–Trinajstić information content (AvgIpc) is 2.92. The normalized spacial score (nSPS) is 14.8. The maximum absolute atomic E-state index is 12.5. The summed E-state index contributed by atoms with van der Waals surface area (Å²) in [6, 6.07) is 7.41. The Kier molecular flexibility index (Phi) is 6.04. The molecular formula is C20H26N4O2. The van der Waals surface area contributed by atoms with Gasteiger partial charge in [-0.3, -0.25) is 4.79 Å². The molecule has 138 valence electrons. The molecule has 26 heavy (non-hydrogen) atoms.